The van der Waals surface area contributed by atoms with Crippen molar-refractivity contribution in [1.29, 1.82) is 0 Å². The molecule has 0 aliphatic rings. The molecule has 1 N–H and O–H groups in total. The zero-order valence-electron chi connectivity index (χ0n) is 4.54. The first kappa shape index (κ1) is 9.82. The number of benzene rings is 1. The molecule has 0 saturated heterocycles. The van der Waals surface area contributed by atoms with E-state index in [0.717, 1.165) is 5.56 Å². The van der Waals surface area contributed by atoms with Gasteiger partial charge in [0, 0.05) is 0 Å². The van der Waals surface area contributed by atoms with Gasteiger partial charge in [-0.15, -0.1) is 0 Å². The van der Waals surface area contributed by atoms with Gasteiger partial charge in [-0.2, -0.15) is 0 Å². The molecule has 1 rings (SSSR count). The van der Waals surface area contributed by atoms with Crippen LogP contribution in [0.3, 0.4) is 0 Å². The molecule has 0 saturated carbocycles. The first-order valence-electron chi connectivity index (χ1n) is 2.58. The molecule has 1 nitrogen and oxygen atoms in total. The molecule has 0 heterocycles. The van der Waals surface area contributed by atoms with E-state index in [2.05, 4.69) is 0 Å². The van der Waals surface area contributed by atoms with Crippen molar-refractivity contribution in [3.8, 4) is 0 Å². The van der Waals surface area contributed by atoms with Crippen LogP contribution < -0.4 is 0 Å². The van der Waals surface area contributed by atoms with Gasteiger partial charge in [0.1, 0.15) is 0 Å². The molecule has 0 unspecified atom stereocenters. The fraction of sp³-hybridized carbons (Fsp3) is 0.143. The van der Waals surface area contributed by atoms with E-state index in [9.17, 15) is 0 Å². The molecule has 0 fully saturated rings. The molecule has 0 aliphatic carbocycles. The Morgan fingerprint density at radius 3 is 2.00 bits per heavy atom. The predicted octanol–water partition coefficient (Wildman–Crippen LogP) is 0.530. The fourth-order valence-electron chi connectivity index (χ4n) is 0.583. The van der Waals surface area contributed by atoms with Crippen LogP contribution in [0.25, 0.3) is 0 Å². The number of aliphatic hydroxyl groups excluding tert-OH is 1. The molecule has 1 aromatic carbocycles. The summed E-state index contributed by atoms with van der Waals surface area (Å²) in [5.74, 6) is 0. The van der Waals surface area contributed by atoms with Crippen LogP contribution in [0, 0.1) is 0 Å². The van der Waals surface area contributed by atoms with E-state index < -0.39 is 0 Å². The van der Waals surface area contributed by atoms with Crippen molar-refractivity contribution < 1.29 is 5.11 Å². The third-order valence-electron chi connectivity index (χ3n) is 1.03. The van der Waals surface area contributed by atoms with E-state index in [4.69, 9.17) is 5.11 Å². The molecule has 1 aromatic rings. The second-order valence-electron chi connectivity index (χ2n) is 1.64. The Balaban J connectivity index is 0.000000640. The first-order chi connectivity index (χ1) is 3.93. The topological polar surface area (TPSA) is 20.2 Å². The number of aliphatic hydroxyl groups is 1. The maximum absolute atomic E-state index is 8.54. The van der Waals surface area contributed by atoms with Crippen LogP contribution in [0.1, 0.15) is 5.56 Å². The average molecular weight is 148 g/mol. The van der Waals surface area contributed by atoms with Crippen molar-refractivity contribution in [2.75, 3.05) is 0 Å². The summed E-state index contributed by atoms with van der Waals surface area (Å²) in [7, 11) is 0. The van der Waals surface area contributed by atoms with Gasteiger partial charge in [-0.25, -0.2) is 0 Å². The molecule has 9 heavy (non-hydrogen) atoms. The summed E-state index contributed by atoms with van der Waals surface area (Å²) in [6.45, 7) is 0.140. The van der Waals surface area contributed by atoms with Crippen molar-refractivity contribution in [2.24, 2.45) is 0 Å². The van der Waals surface area contributed by atoms with E-state index in [0.29, 0.717) is 0 Å². The zero-order valence-corrected chi connectivity index (χ0v) is 4.54. The second kappa shape index (κ2) is 5.59. The van der Waals surface area contributed by atoms with Gasteiger partial charge in [0.2, 0.25) is 0 Å². The number of hydrogen-bond acceptors (Lipinski definition) is 1. The van der Waals surface area contributed by atoms with E-state index in [1.54, 1.807) is 0 Å². The molecular weight excluding hydrogens is 139 g/mol. The molecule has 0 aromatic heterocycles. The van der Waals surface area contributed by atoms with Crippen LogP contribution in [-0.2, 0) is 6.61 Å². The Hall–Kier alpha value is 0.816. The van der Waals surface area contributed by atoms with Crippen molar-refractivity contribution in [3.63, 3.8) is 0 Å². The molecule has 0 radical (unpaired) electrons. The van der Waals surface area contributed by atoms with Crippen LogP contribution >= 0.6 is 0 Å². The standard InChI is InChI=1S/C7H8O.K.H/c8-6-7-4-2-1-3-5-7;;/h1-5,8H,6H2;;. The summed E-state index contributed by atoms with van der Waals surface area (Å²) in [4.78, 5) is 0. The SMILES string of the molecule is OCc1ccccc1.[KH]. The number of hydrogen-bond donors (Lipinski definition) is 1. The summed E-state index contributed by atoms with van der Waals surface area (Å²) >= 11 is 0. The van der Waals surface area contributed by atoms with Gasteiger partial charge in [0.15, 0.2) is 0 Å². The van der Waals surface area contributed by atoms with Gasteiger partial charge >= 0.3 is 51.4 Å². The van der Waals surface area contributed by atoms with Gasteiger partial charge in [-0.3, -0.25) is 0 Å². The van der Waals surface area contributed by atoms with Crippen LogP contribution in [-0.4, -0.2) is 56.5 Å². The van der Waals surface area contributed by atoms with Crippen LogP contribution in [0.15, 0.2) is 30.3 Å². The van der Waals surface area contributed by atoms with E-state index in [1.807, 2.05) is 30.3 Å². The summed E-state index contributed by atoms with van der Waals surface area (Å²) in [5.41, 5.74) is 0.965. The van der Waals surface area contributed by atoms with E-state index in [-0.39, 0.29) is 58.0 Å². The first-order valence-corrected chi connectivity index (χ1v) is 2.58. The second-order valence-corrected chi connectivity index (χ2v) is 1.64. The minimum atomic E-state index is 0. The molecule has 0 aliphatic heterocycles. The third kappa shape index (κ3) is 3.50. The summed E-state index contributed by atoms with van der Waals surface area (Å²) in [6, 6.07) is 9.52. The molecular formula is C7H9KO. The monoisotopic (exact) mass is 148 g/mol. The predicted molar refractivity (Wildman–Crippen MR) is 39.5 cm³/mol. The van der Waals surface area contributed by atoms with Gasteiger partial charge < -0.3 is 5.11 Å². The maximum atomic E-state index is 8.54. The Kier molecular flexibility index (Phi) is 6.10. The summed E-state index contributed by atoms with van der Waals surface area (Å²) in [5, 5.41) is 8.54. The van der Waals surface area contributed by atoms with Crippen molar-refractivity contribution in [1.82, 2.24) is 0 Å². The van der Waals surface area contributed by atoms with Crippen LogP contribution in [0.4, 0.5) is 0 Å². The van der Waals surface area contributed by atoms with Crippen molar-refractivity contribution in [3.05, 3.63) is 35.9 Å². The summed E-state index contributed by atoms with van der Waals surface area (Å²) in [6.07, 6.45) is 0. The number of rotatable bonds is 1. The van der Waals surface area contributed by atoms with Gasteiger partial charge in [0.05, 0.1) is 6.61 Å². The van der Waals surface area contributed by atoms with Crippen molar-refractivity contribution in [2.45, 2.75) is 6.61 Å². The van der Waals surface area contributed by atoms with Gasteiger partial charge in [0.25, 0.3) is 0 Å². The molecule has 44 valence electrons. The molecule has 0 bridgehead atoms. The zero-order chi connectivity index (χ0) is 5.82. The van der Waals surface area contributed by atoms with E-state index in [1.165, 1.54) is 0 Å². The molecule has 0 atom stereocenters. The van der Waals surface area contributed by atoms with Gasteiger partial charge in [-0.1, -0.05) is 30.3 Å². The molecule has 0 amide bonds. The Labute approximate surface area is 97.5 Å². The molecule has 2 heteroatoms. The van der Waals surface area contributed by atoms with E-state index >= 15 is 0 Å². The van der Waals surface area contributed by atoms with Crippen LogP contribution in [0.5, 0.6) is 0 Å². The summed E-state index contributed by atoms with van der Waals surface area (Å²) < 4.78 is 0. The van der Waals surface area contributed by atoms with Crippen LogP contribution in [0.2, 0.25) is 0 Å². The fourth-order valence-corrected chi connectivity index (χ4v) is 0.583. The quantitative estimate of drug-likeness (QED) is 0.576. The Bertz CT molecular complexity index is 150. The average Bonchev–Trinajstić information content (AvgIpc) is 1.90. The Morgan fingerprint density at radius 2 is 1.67 bits per heavy atom. The third-order valence-corrected chi connectivity index (χ3v) is 1.03. The Morgan fingerprint density at radius 1 is 1.11 bits per heavy atom. The normalized spacial score (nSPS) is 8.11. The van der Waals surface area contributed by atoms with Gasteiger partial charge in [-0.05, 0) is 5.56 Å². The van der Waals surface area contributed by atoms with Crippen molar-refractivity contribution >= 4 is 51.4 Å². The molecule has 0 spiro atoms. The minimum absolute atomic E-state index is 0.